The summed E-state index contributed by atoms with van der Waals surface area (Å²) in [5.41, 5.74) is -0.966. The minimum absolute atomic E-state index is 0.0557. The van der Waals surface area contributed by atoms with E-state index >= 15 is 0 Å². The van der Waals surface area contributed by atoms with Gasteiger partial charge in [0.2, 0.25) is 0 Å². The fourth-order valence-corrected chi connectivity index (χ4v) is 5.35. The van der Waals surface area contributed by atoms with E-state index in [1.54, 1.807) is 32.9 Å². The highest BCUT2D eigenvalue weighted by Crippen LogP contribution is 2.44. The molecule has 0 bridgehead atoms. The lowest BCUT2D eigenvalue weighted by Crippen LogP contribution is -2.47. The first-order chi connectivity index (χ1) is 17.4. The van der Waals surface area contributed by atoms with E-state index in [2.05, 4.69) is 11.9 Å². The Kier molecular flexibility index (Phi) is 8.28. The Morgan fingerprint density at radius 2 is 1.95 bits per heavy atom. The molecule has 3 fully saturated rings. The van der Waals surface area contributed by atoms with Crippen LogP contribution >= 0.6 is 0 Å². The third kappa shape index (κ3) is 6.88. The van der Waals surface area contributed by atoms with Gasteiger partial charge in [-0.1, -0.05) is 27.2 Å². The Hall–Kier alpha value is -2.07. The molecule has 9 heteroatoms. The molecule has 2 N–H and O–H groups in total. The predicted molar refractivity (Wildman–Crippen MR) is 134 cm³/mol. The van der Waals surface area contributed by atoms with E-state index in [1.807, 2.05) is 6.92 Å². The summed E-state index contributed by atoms with van der Waals surface area (Å²) in [6, 6.07) is 0. The molecule has 0 radical (unpaired) electrons. The molecule has 3 unspecified atom stereocenters. The first-order valence-corrected chi connectivity index (χ1v) is 13.4. The Morgan fingerprint density at radius 1 is 1.22 bits per heavy atom. The van der Waals surface area contributed by atoms with Gasteiger partial charge in [-0.3, -0.25) is 9.59 Å². The maximum absolute atomic E-state index is 13.7. The zero-order chi connectivity index (χ0) is 27.0. The molecule has 1 aromatic rings. The number of aliphatic hydroxyl groups is 2. The number of fused-ring (bicyclic) bond motifs is 1. The molecular formula is C28H41NO8. The molecule has 3 aliphatic heterocycles. The summed E-state index contributed by atoms with van der Waals surface area (Å²) in [7, 11) is 0. The van der Waals surface area contributed by atoms with Crippen LogP contribution in [-0.4, -0.2) is 69.7 Å². The lowest BCUT2D eigenvalue weighted by molar-refractivity contribution is -0.154. The highest BCUT2D eigenvalue weighted by atomic mass is 16.6. The molecule has 0 aromatic carbocycles. The summed E-state index contributed by atoms with van der Waals surface area (Å²) in [4.78, 5) is 30.8. The lowest BCUT2D eigenvalue weighted by atomic mass is 9.71. The van der Waals surface area contributed by atoms with Crippen molar-refractivity contribution in [1.82, 2.24) is 4.98 Å². The van der Waals surface area contributed by atoms with E-state index in [4.69, 9.17) is 18.6 Å². The smallest absolute Gasteiger partial charge is 0.309 e. The summed E-state index contributed by atoms with van der Waals surface area (Å²) in [5.74, 6) is -1.12. The first-order valence-electron chi connectivity index (χ1n) is 13.4. The minimum atomic E-state index is -1.27. The molecule has 0 aliphatic carbocycles. The number of nitrogens with zero attached hydrogens (tertiary/aromatic N) is 1. The topological polar surface area (TPSA) is 135 Å². The van der Waals surface area contributed by atoms with Gasteiger partial charge in [0, 0.05) is 19.3 Å². The third-order valence-electron chi connectivity index (χ3n) is 8.29. The average molecular weight is 520 g/mol. The normalized spacial score (nSPS) is 39.3. The number of oxazole rings is 1. The first kappa shape index (κ1) is 28.0. The van der Waals surface area contributed by atoms with E-state index in [-0.39, 0.29) is 35.9 Å². The molecule has 4 rings (SSSR count). The Labute approximate surface area is 218 Å². The van der Waals surface area contributed by atoms with Crippen LogP contribution in [0.4, 0.5) is 0 Å². The molecule has 9 nitrogen and oxygen atoms in total. The number of rotatable bonds is 4. The Morgan fingerprint density at radius 3 is 2.59 bits per heavy atom. The molecule has 0 spiro atoms. The molecule has 3 aliphatic rings. The SMILES string of the molecule is Cc1nc(C=C[C@@H]2CC3OC3(C)CCC[C@H](C)[C@@H](O)[C@@H](CC3CO3)C(=O)C(C)(C)[C@@H](O)CC(=O)O2)co1. The number of esters is 1. The van der Waals surface area contributed by atoms with E-state index in [0.29, 0.717) is 31.0 Å². The molecule has 4 heterocycles. The second kappa shape index (κ2) is 11.0. The summed E-state index contributed by atoms with van der Waals surface area (Å²) in [6.07, 6.45) is 5.08. The second-order valence-electron chi connectivity index (χ2n) is 11.8. The van der Waals surface area contributed by atoms with Crippen molar-refractivity contribution in [2.45, 2.75) is 109 Å². The van der Waals surface area contributed by atoms with Crippen molar-refractivity contribution in [3.63, 3.8) is 0 Å². The monoisotopic (exact) mass is 519 g/mol. The van der Waals surface area contributed by atoms with Gasteiger partial charge in [-0.2, -0.15) is 0 Å². The number of carbonyl (C=O) groups excluding carboxylic acids is 2. The van der Waals surface area contributed by atoms with Crippen molar-refractivity contribution in [1.29, 1.82) is 0 Å². The van der Waals surface area contributed by atoms with E-state index < -0.39 is 35.6 Å². The van der Waals surface area contributed by atoms with Crippen LogP contribution in [0.2, 0.25) is 0 Å². The predicted octanol–water partition coefficient (Wildman–Crippen LogP) is 3.39. The maximum atomic E-state index is 13.7. The quantitative estimate of drug-likeness (QED) is 0.453. The van der Waals surface area contributed by atoms with Gasteiger partial charge < -0.3 is 28.8 Å². The number of ketones is 1. The number of ether oxygens (including phenoxy) is 3. The van der Waals surface area contributed by atoms with Crippen molar-refractivity contribution in [3.8, 4) is 0 Å². The van der Waals surface area contributed by atoms with Crippen molar-refractivity contribution >= 4 is 17.8 Å². The van der Waals surface area contributed by atoms with Crippen molar-refractivity contribution in [2.75, 3.05) is 6.61 Å². The van der Waals surface area contributed by atoms with E-state index in [0.717, 1.165) is 19.3 Å². The van der Waals surface area contributed by atoms with Gasteiger partial charge in [0.05, 0.1) is 48.5 Å². The van der Waals surface area contributed by atoms with Crippen LogP contribution in [0, 0.1) is 24.2 Å². The van der Waals surface area contributed by atoms with Crippen molar-refractivity contribution in [3.05, 3.63) is 23.9 Å². The number of aliphatic hydroxyl groups excluding tert-OH is 2. The molecule has 0 saturated carbocycles. The average Bonchev–Trinajstić information content (AvgIpc) is 3.72. The number of hydrogen-bond donors (Lipinski definition) is 2. The van der Waals surface area contributed by atoms with Gasteiger partial charge >= 0.3 is 5.97 Å². The van der Waals surface area contributed by atoms with Crippen LogP contribution in [0.1, 0.15) is 77.8 Å². The van der Waals surface area contributed by atoms with Crippen LogP contribution in [0.3, 0.4) is 0 Å². The van der Waals surface area contributed by atoms with Gasteiger partial charge in [0.15, 0.2) is 5.89 Å². The standard InChI is InChI=1S/C28H41NO8/c1-16-7-6-10-28(5)23(37-28)12-19(9-8-18-14-34-17(2)29-18)36-24(31)13-22(30)27(3,4)26(33)21(25(16)32)11-20-15-35-20/h8-9,14,16,19-23,25,30,32H,6-7,10-13,15H2,1-5H3/t16-,19+,20?,21+,22-,23?,25+,28?/m0/s1. The number of aryl methyl sites for hydroxylation is 1. The summed E-state index contributed by atoms with van der Waals surface area (Å²) >= 11 is 0. The van der Waals surface area contributed by atoms with Crippen molar-refractivity contribution in [2.24, 2.45) is 17.3 Å². The molecule has 3 saturated heterocycles. The van der Waals surface area contributed by atoms with Crippen LogP contribution < -0.4 is 0 Å². The highest BCUT2D eigenvalue weighted by Gasteiger charge is 2.53. The minimum Gasteiger partial charge on any atom is -0.458 e. The van der Waals surface area contributed by atoms with Crippen LogP contribution in [0.5, 0.6) is 0 Å². The van der Waals surface area contributed by atoms with Gasteiger partial charge in [-0.25, -0.2) is 4.98 Å². The zero-order valence-corrected chi connectivity index (χ0v) is 22.5. The Bertz CT molecular complexity index is 998. The fourth-order valence-electron chi connectivity index (χ4n) is 5.35. The zero-order valence-electron chi connectivity index (χ0n) is 22.5. The largest absolute Gasteiger partial charge is 0.458 e. The number of carbonyl (C=O) groups is 2. The summed E-state index contributed by atoms with van der Waals surface area (Å²) in [6.45, 7) is 9.58. The van der Waals surface area contributed by atoms with Crippen LogP contribution in [0.15, 0.2) is 16.8 Å². The molecule has 37 heavy (non-hydrogen) atoms. The molecule has 206 valence electrons. The summed E-state index contributed by atoms with van der Waals surface area (Å²) < 4.78 is 22.4. The number of cyclic esters (lactones) is 1. The second-order valence-corrected chi connectivity index (χ2v) is 11.8. The van der Waals surface area contributed by atoms with Crippen LogP contribution in [-0.2, 0) is 23.8 Å². The number of hydrogen-bond acceptors (Lipinski definition) is 9. The van der Waals surface area contributed by atoms with Gasteiger partial charge in [-0.05, 0) is 44.3 Å². The Balaban J connectivity index is 1.55. The molecule has 1 aromatic heterocycles. The number of Topliss-reactive ketones (excluding diaryl/α,β-unsaturated/α-hetero) is 1. The lowest BCUT2D eigenvalue weighted by Gasteiger charge is -2.36. The molecular weight excluding hydrogens is 478 g/mol. The molecule has 0 amide bonds. The van der Waals surface area contributed by atoms with Crippen LogP contribution in [0.25, 0.3) is 6.08 Å². The van der Waals surface area contributed by atoms with Gasteiger partial charge in [0.1, 0.15) is 23.8 Å². The van der Waals surface area contributed by atoms with Gasteiger partial charge in [-0.15, -0.1) is 0 Å². The fraction of sp³-hybridized carbons (Fsp3) is 0.750. The summed E-state index contributed by atoms with van der Waals surface area (Å²) in [5, 5.41) is 22.2. The number of aromatic nitrogens is 1. The number of epoxide rings is 2. The third-order valence-corrected chi connectivity index (χ3v) is 8.29. The highest BCUT2D eigenvalue weighted by molar-refractivity contribution is 5.88. The molecule has 8 atom stereocenters. The van der Waals surface area contributed by atoms with E-state index in [9.17, 15) is 19.8 Å². The van der Waals surface area contributed by atoms with Gasteiger partial charge in [0.25, 0.3) is 0 Å². The maximum Gasteiger partial charge on any atom is 0.309 e. The van der Waals surface area contributed by atoms with Crippen molar-refractivity contribution < 1.29 is 38.4 Å². The van der Waals surface area contributed by atoms with E-state index in [1.165, 1.54) is 6.26 Å².